The number of amides is 1. The van der Waals surface area contributed by atoms with Crippen molar-refractivity contribution in [2.45, 2.75) is 33.1 Å². The van der Waals surface area contributed by atoms with Crippen molar-refractivity contribution in [1.82, 2.24) is 14.9 Å². The largest absolute Gasteiger partial charge is 0.495 e. The molecule has 156 valence electrons. The van der Waals surface area contributed by atoms with Crippen molar-refractivity contribution in [2.24, 2.45) is 0 Å². The van der Waals surface area contributed by atoms with Gasteiger partial charge in [-0.25, -0.2) is 9.97 Å². The summed E-state index contributed by atoms with van der Waals surface area (Å²) in [5.41, 5.74) is 2.33. The summed E-state index contributed by atoms with van der Waals surface area (Å²) in [5.74, 6) is 1.36. The molecule has 1 saturated heterocycles. The molecule has 2 aromatic rings. The van der Waals surface area contributed by atoms with Gasteiger partial charge in [-0.2, -0.15) is 0 Å². The van der Waals surface area contributed by atoms with Gasteiger partial charge in [-0.05, 0) is 31.5 Å². The average Bonchev–Trinajstić information content (AvgIpc) is 2.76. The monoisotopic (exact) mass is 397 g/mol. The maximum atomic E-state index is 13.0. The summed E-state index contributed by atoms with van der Waals surface area (Å²) in [7, 11) is 1.68. The first-order valence-corrected chi connectivity index (χ1v) is 10.4. The van der Waals surface area contributed by atoms with Gasteiger partial charge in [-0.15, -0.1) is 0 Å². The van der Waals surface area contributed by atoms with E-state index in [2.05, 4.69) is 33.2 Å². The number of aryl methyl sites for hydroxylation is 1. The number of methoxy groups -OCH3 is 1. The number of unbranched alkanes of at least 4 members (excludes halogenated alkanes) is 2. The lowest BCUT2D eigenvalue weighted by molar-refractivity contribution is 0.0740. The van der Waals surface area contributed by atoms with Crippen molar-refractivity contribution in [3.05, 3.63) is 41.7 Å². The van der Waals surface area contributed by atoms with Crippen LogP contribution in [0.2, 0.25) is 0 Å². The SMILES string of the molecule is CCCCCNc1nc(C)cc(C(=O)N2CCN(c3ccccc3OC)CC2)n1. The highest BCUT2D eigenvalue weighted by molar-refractivity contribution is 5.93. The van der Waals surface area contributed by atoms with E-state index in [0.717, 1.165) is 43.2 Å². The number of para-hydroxylation sites is 2. The Labute approximate surface area is 173 Å². The van der Waals surface area contributed by atoms with Gasteiger partial charge < -0.3 is 19.9 Å². The third-order valence-electron chi connectivity index (χ3n) is 5.13. The molecule has 29 heavy (non-hydrogen) atoms. The Morgan fingerprint density at radius 1 is 1.14 bits per heavy atom. The fourth-order valence-corrected chi connectivity index (χ4v) is 3.54. The summed E-state index contributed by atoms with van der Waals surface area (Å²) < 4.78 is 5.47. The number of aromatic nitrogens is 2. The number of carbonyl (C=O) groups is 1. The topological polar surface area (TPSA) is 70.6 Å². The van der Waals surface area contributed by atoms with E-state index in [9.17, 15) is 4.79 Å². The van der Waals surface area contributed by atoms with Gasteiger partial charge in [0, 0.05) is 38.4 Å². The number of hydrogen-bond donors (Lipinski definition) is 1. The molecular weight excluding hydrogens is 366 g/mol. The van der Waals surface area contributed by atoms with Crippen molar-refractivity contribution in [1.29, 1.82) is 0 Å². The number of nitrogens with one attached hydrogen (secondary N) is 1. The lowest BCUT2D eigenvalue weighted by Gasteiger charge is -2.36. The minimum atomic E-state index is -0.0354. The van der Waals surface area contributed by atoms with E-state index in [-0.39, 0.29) is 5.91 Å². The highest BCUT2D eigenvalue weighted by Crippen LogP contribution is 2.28. The summed E-state index contributed by atoms with van der Waals surface area (Å²) in [5, 5.41) is 3.24. The molecule has 1 aliphatic rings. The molecule has 0 aliphatic carbocycles. The lowest BCUT2D eigenvalue weighted by atomic mass is 10.2. The van der Waals surface area contributed by atoms with Crippen molar-refractivity contribution < 1.29 is 9.53 Å². The molecule has 0 radical (unpaired) electrons. The highest BCUT2D eigenvalue weighted by Gasteiger charge is 2.25. The van der Waals surface area contributed by atoms with E-state index in [0.29, 0.717) is 24.7 Å². The fourth-order valence-electron chi connectivity index (χ4n) is 3.54. The fraction of sp³-hybridized carbons (Fsp3) is 0.500. The summed E-state index contributed by atoms with van der Waals surface area (Å²) in [6, 6.07) is 9.76. The van der Waals surface area contributed by atoms with Gasteiger partial charge in [0.1, 0.15) is 11.4 Å². The average molecular weight is 398 g/mol. The first-order chi connectivity index (χ1) is 14.1. The molecule has 2 heterocycles. The van der Waals surface area contributed by atoms with Gasteiger partial charge in [-0.1, -0.05) is 31.9 Å². The molecule has 7 heteroatoms. The Hall–Kier alpha value is -2.83. The molecule has 3 rings (SSSR count). The summed E-state index contributed by atoms with van der Waals surface area (Å²) in [4.78, 5) is 26.0. The molecule has 0 spiro atoms. The first-order valence-electron chi connectivity index (χ1n) is 10.4. The van der Waals surface area contributed by atoms with Gasteiger partial charge in [0.05, 0.1) is 12.8 Å². The number of piperazine rings is 1. The van der Waals surface area contributed by atoms with E-state index in [1.807, 2.05) is 30.0 Å². The molecule has 7 nitrogen and oxygen atoms in total. The van der Waals surface area contributed by atoms with E-state index < -0.39 is 0 Å². The lowest BCUT2D eigenvalue weighted by Crippen LogP contribution is -2.49. The van der Waals surface area contributed by atoms with Crippen LogP contribution in [0, 0.1) is 6.92 Å². The van der Waals surface area contributed by atoms with Crippen LogP contribution in [0.4, 0.5) is 11.6 Å². The standard InChI is InChI=1S/C22H31N5O2/c1-4-5-8-11-23-22-24-17(2)16-18(25-22)21(28)27-14-12-26(13-15-27)19-9-6-7-10-20(19)29-3/h6-7,9-10,16H,4-5,8,11-15H2,1-3H3,(H,23,24,25). The molecule has 0 saturated carbocycles. The van der Waals surface area contributed by atoms with Crippen molar-refractivity contribution in [3.63, 3.8) is 0 Å². The number of carbonyl (C=O) groups excluding carboxylic acids is 1. The Bertz CT molecular complexity index is 819. The second-order valence-corrected chi connectivity index (χ2v) is 7.30. The zero-order valence-corrected chi connectivity index (χ0v) is 17.6. The number of rotatable bonds is 8. The third kappa shape index (κ3) is 5.37. The molecular formula is C22H31N5O2. The van der Waals surface area contributed by atoms with Crippen molar-refractivity contribution in [2.75, 3.05) is 50.1 Å². The smallest absolute Gasteiger partial charge is 0.272 e. The number of benzene rings is 1. The van der Waals surface area contributed by atoms with Crippen LogP contribution in [0.1, 0.15) is 42.4 Å². The number of anilines is 2. The normalized spacial score (nSPS) is 14.0. The van der Waals surface area contributed by atoms with Gasteiger partial charge in [-0.3, -0.25) is 4.79 Å². The van der Waals surface area contributed by atoms with Gasteiger partial charge in [0.2, 0.25) is 5.95 Å². The Morgan fingerprint density at radius 2 is 1.90 bits per heavy atom. The Kier molecular flexibility index (Phi) is 7.27. The Balaban J connectivity index is 1.62. The molecule has 1 aromatic heterocycles. The first kappa shape index (κ1) is 20.9. The van der Waals surface area contributed by atoms with E-state index in [1.165, 1.54) is 12.8 Å². The summed E-state index contributed by atoms with van der Waals surface area (Å²) >= 11 is 0. The van der Waals surface area contributed by atoms with Crippen LogP contribution in [0.5, 0.6) is 5.75 Å². The van der Waals surface area contributed by atoms with E-state index >= 15 is 0 Å². The van der Waals surface area contributed by atoms with Gasteiger partial charge in [0.15, 0.2) is 0 Å². The van der Waals surface area contributed by atoms with Crippen LogP contribution in [-0.4, -0.2) is 60.6 Å². The zero-order chi connectivity index (χ0) is 20.6. The predicted octanol–water partition coefficient (Wildman–Crippen LogP) is 3.36. The minimum Gasteiger partial charge on any atom is -0.495 e. The molecule has 1 aromatic carbocycles. The maximum Gasteiger partial charge on any atom is 0.272 e. The minimum absolute atomic E-state index is 0.0354. The second kappa shape index (κ2) is 10.1. The van der Waals surface area contributed by atoms with Crippen LogP contribution in [-0.2, 0) is 0 Å². The quantitative estimate of drug-likeness (QED) is 0.689. The molecule has 1 N–H and O–H groups in total. The Morgan fingerprint density at radius 3 is 2.62 bits per heavy atom. The van der Waals surface area contributed by atoms with Gasteiger partial charge >= 0.3 is 0 Å². The number of hydrogen-bond acceptors (Lipinski definition) is 6. The maximum absolute atomic E-state index is 13.0. The van der Waals surface area contributed by atoms with Crippen LogP contribution in [0.15, 0.2) is 30.3 Å². The molecule has 1 amide bonds. The summed E-state index contributed by atoms with van der Waals surface area (Å²) in [6.07, 6.45) is 3.41. The number of nitrogens with zero attached hydrogens (tertiary/aromatic N) is 4. The molecule has 1 aliphatic heterocycles. The predicted molar refractivity (Wildman–Crippen MR) is 116 cm³/mol. The zero-order valence-electron chi connectivity index (χ0n) is 17.6. The summed E-state index contributed by atoms with van der Waals surface area (Å²) in [6.45, 7) is 7.72. The second-order valence-electron chi connectivity index (χ2n) is 7.30. The molecule has 0 unspecified atom stereocenters. The molecule has 1 fully saturated rings. The van der Waals surface area contributed by atoms with Crippen molar-refractivity contribution in [3.8, 4) is 5.75 Å². The van der Waals surface area contributed by atoms with Crippen LogP contribution in [0.3, 0.4) is 0 Å². The highest BCUT2D eigenvalue weighted by atomic mass is 16.5. The van der Waals surface area contributed by atoms with Crippen molar-refractivity contribution >= 4 is 17.5 Å². The van der Waals surface area contributed by atoms with Gasteiger partial charge in [0.25, 0.3) is 5.91 Å². The van der Waals surface area contributed by atoms with E-state index in [4.69, 9.17) is 4.74 Å². The molecule has 0 bridgehead atoms. The van der Waals surface area contributed by atoms with Crippen LogP contribution >= 0.6 is 0 Å². The van der Waals surface area contributed by atoms with Crippen LogP contribution < -0.4 is 15.0 Å². The molecule has 0 atom stereocenters. The van der Waals surface area contributed by atoms with E-state index in [1.54, 1.807) is 13.2 Å². The number of ether oxygens (including phenoxy) is 1. The third-order valence-corrected chi connectivity index (χ3v) is 5.13. The van der Waals surface area contributed by atoms with Crippen LogP contribution in [0.25, 0.3) is 0 Å².